The van der Waals surface area contributed by atoms with Crippen LogP contribution in [0.15, 0.2) is 42.6 Å². The minimum atomic E-state index is -1.01. The number of phenols is 1. The summed E-state index contributed by atoms with van der Waals surface area (Å²) in [6.07, 6.45) is 15.2. The molecular weight excluding hydrogens is 991 g/mol. The fraction of sp³-hybridized carbons (Fsp3) is 0.576. The van der Waals surface area contributed by atoms with Crippen molar-refractivity contribution in [2.24, 2.45) is 10.8 Å². The summed E-state index contributed by atoms with van der Waals surface area (Å²) in [5.41, 5.74) is 1.42. The second kappa shape index (κ2) is 20.2. The molecule has 18 heteroatoms. The fourth-order valence-electron chi connectivity index (χ4n) is 14.5. The maximum Gasteiger partial charge on any atom is 0.319 e. The number of imide groups is 1. The Kier molecular flexibility index (Phi) is 13.3. The summed E-state index contributed by atoms with van der Waals surface area (Å²) in [4.78, 5) is 47.8. The van der Waals surface area contributed by atoms with Crippen molar-refractivity contribution in [3.8, 4) is 23.0 Å². The Hall–Kier alpha value is -5.69. The minimum Gasteiger partial charge on any atom is -0.508 e. The van der Waals surface area contributed by atoms with Crippen LogP contribution in [0.2, 0.25) is 0 Å². The van der Waals surface area contributed by atoms with E-state index in [1.165, 1.54) is 49.9 Å². The van der Waals surface area contributed by atoms with E-state index in [4.69, 9.17) is 19.4 Å². The van der Waals surface area contributed by atoms with Crippen LogP contribution in [0.1, 0.15) is 114 Å². The van der Waals surface area contributed by atoms with Crippen LogP contribution in [-0.2, 0) is 20.7 Å². The molecular formula is C59H69F4N9O5. The van der Waals surface area contributed by atoms with E-state index in [9.17, 15) is 14.7 Å². The van der Waals surface area contributed by atoms with E-state index < -0.39 is 35.2 Å². The number of carbonyl (C=O) groups is 2. The Bertz CT molecular complexity index is 3080. The van der Waals surface area contributed by atoms with Gasteiger partial charge in [-0.3, -0.25) is 19.9 Å². The van der Waals surface area contributed by atoms with E-state index in [1.807, 2.05) is 11.8 Å². The van der Waals surface area contributed by atoms with Gasteiger partial charge in [0.25, 0.3) is 0 Å². The van der Waals surface area contributed by atoms with Crippen LogP contribution in [-0.4, -0.2) is 138 Å². The van der Waals surface area contributed by atoms with E-state index >= 15 is 17.6 Å². The molecule has 3 aromatic carbocycles. The van der Waals surface area contributed by atoms with Gasteiger partial charge < -0.3 is 39.5 Å². The molecule has 6 aliphatic heterocycles. The number of hydrogen-bond acceptors (Lipinski definition) is 13. The highest BCUT2D eigenvalue weighted by molar-refractivity contribution is 6.02. The molecule has 0 radical (unpaired) electrons. The molecule has 2 amide bonds. The molecule has 2 aromatic heterocycles. The molecule has 6 saturated heterocycles. The topological polar surface area (TPSA) is 149 Å². The molecule has 8 fully saturated rings. The number of phenolic OH excluding ortho intramolecular Hbond substituents is 1. The number of fused-ring (bicyclic) bond motifs is 4. The van der Waals surface area contributed by atoms with Gasteiger partial charge in [-0.25, -0.2) is 17.6 Å². The molecule has 3 unspecified atom stereocenters. The van der Waals surface area contributed by atoms with Crippen molar-refractivity contribution in [2.45, 2.75) is 139 Å². The summed E-state index contributed by atoms with van der Waals surface area (Å²) in [5.74, 6) is -4.09. The summed E-state index contributed by atoms with van der Waals surface area (Å²) < 4.78 is 76.2. The Balaban J connectivity index is 0.598. The van der Waals surface area contributed by atoms with E-state index in [2.05, 4.69) is 30.3 Å². The van der Waals surface area contributed by atoms with Gasteiger partial charge in [-0.2, -0.15) is 9.97 Å². The third-order valence-corrected chi connectivity index (χ3v) is 19.0. The monoisotopic (exact) mass is 1060 g/mol. The first kappa shape index (κ1) is 50.8. The number of hydrogen-bond donors (Lipinski definition) is 3. The summed E-state index contributed by atoms with van der Waals surface area (Å²) in [7, 11) is 0. The minimum absolute atomic E-state index is 0.00725. The van der Waals surface area contributed by atoms with Gasteiger partial charge in [0.15, 0.2) is 5.82 Å². The molecule has 13 rings (SSSR count). The number of piperazine rings is 1. The Labute approximate surface area is 446 Å². The van der Waals surface area contributed by atoms with Gasteiger partial charge in [-0.15, -0.1) is 0 Å². The smallest absolute Gasteiger partial charge is 0.319 e. The molecule has 1 spiro atoms. The van der Waals surface area contributed by atoms with Crippen LogP contribution in [0.3, 0.4) is 0 Å². The number of nitrogens with zero attached hydrogens (tertiary/aromatic N) is 7. The van der Waals surface area contributed by atoms with Gasteiger partial charge >= 0.3 is 6.01 Å². The number of aryl methyl sites for hydroxylation is 1. The number of carbonyl (C=O) groups excluding carboxylic acids is 2. The highest BCUT2D eigenvalue weighted by Gasteiger charge is 2.51. The summed E-state index contributed by atoms with van der Waals surface area (Å²) in [6, 6.07) is 10.0. The summed E-state index contributed by atoms with van der Waals surface area (Å²) >= 11 is 0. The normalized spacial score (nSPS) is 25.2. The van der Waals surface area contributed by atoms with Gasteiger partial charge in [0, 0.05) is 98.8 Å². The highest BCUT2D eigenvalue weighted by Crippen LogP contribution is 2.53. The largest absolute Gasteiger partial charge is 0.508 e. The van der Waals surface area contributed by atoms with Gasteiger partial charge in [0.05, 0.1) is 30.1 Å². The Morgan fingerprint density at radius 3 is 2.17 bits per heavy atom. The third-order valence-electron chi connectivity index (χ3n) is 19.0. The molecule has 14 nitrogen and oxygen atoms in total. The number of piperidine rings is 4. The van der Waals surface area contributed by atoms with E-state index in [0.717, 1.165) is 97.2 Å². The lowest BCUT2D eigenvalue weighted by Crippen LogP contribution is -2.57. The number of pyridine rings is 1. The number of anilines is 2. The zero-order chi connectivity index (χ0) is 52.7. The lowest BCUT2D eigenvalue weighted by Gasteiger charge is -2.56. The first-order chi connectivity index (χ1) is 37.3. The van der Waals surface area contributed by atoms with Crippen LogP contribution >= 0.6 is 0 Å². The van der Waals surface area contributed by atoms with Gasteiger partial charge in [0.2, 0.25) is 11.8 Å². The van der Waals surface area contributed by atoms with Crippen molar-refractivity contribution in [1.29, 1.82) is 0 Å². The third kappa shape index (κ3) is 9.87. The number of aromatic nitrogens is 3. The van der Waals surface area contributed by atoms with Gasteiger partial charge in [0.1, 0.15) is 40.2 Å². The molecule has 2 saturated carbocycles. The average Bonchev–Trinajstić information content (AvgIpc) is 4.14. The SMILES string of the molecule is CCc1c(F)ccc2cc(O)cc(-c3ncc4c(N5CC6CCC(C5)N6)nc(OCC5(CN6CCC7(CC6)CC(N6CCC(OC8CCN(c9cc(F)c(C%10CCC(=O)NC%10=O)c(F)c9)CC8)CC6)C7)CC5)nc4c3F)c12. The van der Waals surface area contributed by atoms with Crippen molar-refractivity contribution in [3.05, 3.63) is 77.0 Å². The quantitative estimate of drug-likeness (QED) is 0.0764. The number of nitrogens with one attached hydrogen (secondary N) is 2. The molecule has 77 heavy (non-hydrogen) atoms. The number of rotatable bonds is 13. The Morgan fingerprint density at radius 1 is 0.792 bits per heavy atom. The van der Waals surface area contributed by atoms with Crippen LogP contribution in [0.25, 0.3) is 32.9 Å². The van der Waals surface area contributed by atoms with Crippen LogP contribution < -0.4 is 25.2 Å². The predicted molar refractivity (Wildman–Crippen MR) is 284 cm³/mol. The zero-order valence-electron chi connectivity index (χ0n) is 43.9. The maximum atomic E-state index is 17.2. The number of halogens is 4. The predicted octanol–water partition coefficient (Wildman–Crippen LogP) is 8.68. The molecule has 8 heterocycles. The standard InChI is InChI=1S/C59H69F4N9O5/c1-2-42-46(60)7-3-34-23-39(73)26-44(50(34)42)53-52(63)54-45(29-64-53)55(72-30-35-4-5-36(31-72)65-35)68-57(67-54)76-33-59(13-14-59)32-69-21-15-58(16-22-69)27-38(28-58)71-19-11-41(12-20-71)77-40-9-17-70(18-10-40)37-24-47(61)51(48(62)25-37)43-6-8-49(74)66-56(43)75/h3,7,23-26,29,35-36,38,40-41,43,65,73H,2,4-6,8-22,27-28,30-33H2,1H3,(H,66,74,75). The van der Waals surface area contributed by atoms with Crippen LogP contribution in [0.4, 0.5) is 29.1 Å². The second-order valence-corrected chi connectivity index (χ2v) is 24.0. The van der Waals surface area contributed by atoms with Gasteiger partial charge in [-0.05, 0) is 155 Å². The maximum absolute atomic E-state index is 17.2. The molecule has 5 aromatic rings. The van der Waals surface area contributed by atoms with E-state index in [-0.39, 0.29) is 64.8 Å². The number of aromatic hydroxyl groups is 1. The second-order valence-electron chi connectivity index (χ2n) is 24.0. The van der Waals surface area contributed by atoms with Crippen molar-refractivity contribution in [2.75, 3.05) is 75.3 Å². The first-order valence-electron chi connectivity index (χ1n) is 28.4. The molecule has 2 aliphatic carbocycles. The Morgan fingerprint density at radius 2 is 1.49 bits per heavy atom. The molecule has 408 valence electrons. The number of benzene rings is 3. The molecule has 8 aliphatic rings. The van der Waals surface area contributed by atoms with Crippen LogP contribution in [0, 0.1) is 34.1 Å². The summed E-state index contributed by atoms with van der Waals surface area (Å²) in [6.45, 7) is 10.2. The number of likely N-dealkylation sites (tertiary alicyclic amines) is 2. The zero-order valence-corrected chi connectivity index (χ0v) is 43.9. The molecule has 3 N–H and O–H groups in total. The highest BCUT2D eigenvalue weighted by atomic mass is 19.1. The van der Waals surface area contributed by atoms with Crippen molar-refractivity contribution in [3.63, 3.8) is 0 Å². The van der Waals surface area contributed by atoms with E-state index in [1.54, 1.807) is 18.3 Å². The lowest BCUT2D eigenvalue weighted by atomic mass is 9.59. The summed E-state index contributed by atoms with van der Waals surface area (Å²) in [5, 5.41) is 18.3. The van der Waals surface area contributed by atoms with Gasteiger partial charge in [-0.1, -0.05) is 13.0 Å². The van der Waals surface area contributed by atoms with Crippen molar-refractivity contribution >= 4 is 45.0 Å². The van der Waals surface area contributed by atoms with Crippen molar-refractivity contribution in [1.82, 2.24) is 35.4 Å². The van der Waals surface area contributed by atoms with E-state index in [0.29, 0.717) is 88.4 Å². The average molecular weight is 1060 g/mol. The lowest BCUT2D eigenvalue weighted by molar-refractivity contribution is -0.134. The molecule has 3 atom stereocenters. The van der Waals surface area contributed by atoms with Crippen LogP contribution in [0.5, 0.6) is 11.8 Å². The molecule has 2 bridgehead atoms. The number of amides is 2. The first-order valence-corrected chi connectivity index (χ1v) is 28.4. The fourth-order valence-corrected chi connectivity index (χ4v) is 14.5. The van der Waals surface area contributed by atoms with Crippen molar-refractivity contribution < 1.29 is 41.7 Å². The number of ether oxygens (including phenoxy) is 2.